The fourth-order valence-corrected chi connectivity index (χ4v) is 9.57. The number of hydrogen-bond acceptors (Lipinski definition) is 10. The van der Waals surface area contributed by atoms with Crippen LogP contribution in [0.4, 0.5) is 4.79 Å². The molecule has 8 atom stereocenters. The summed E-state index contributed by atoms with van der Waals surface area (Å²) in [6, 6.07) is 6.15. The molecule has 0 spiro atoms. The molecular formula is C36H56N2O9S. The highest BCUT2D eigenvalue weighted by Crippen LogP contribution is 2.67. The molecule has 1 amide bonds. The van der Waals surface area contributed by atoms with E-state index in [1.807, 2.05) is 20.8 Å². The minimum atomic E-state index is -4.20. The molecule has 1 unspecified atom stereocenters. The fourth-order valence-electron chi connectivity index (χ4n) is 8.71. The van der Waals surface area contributed by atoms with Gasteiger partial charge in [-0.25, -0.2) is 9.59 Å². The van der Waals surface area contributed by atoms with Crippen LogP contribution in [0.2, 0.25) is 0 Å². The normalized spacial score (nSPS) is 33.7. The van der Waals surface area contributed by atoms with Crippen molar-refractivity contribution in [3.05, 3.63) is 29.8 Å². The molecule has 3 aliphatic carbocycles. The van der Waals surface area contributed by atoms with E-state index >= 15 is 0 Å². The number of benzene rings is 1. The molecule has 12 heteroatoms. The SMILES string of the molecule is Cc1ccc(S(=O)(=O)OCC(=O)OC2C[C@](C)(CNCCCNC(=O)OC(C)(C)C)[C@@H](O)[C@H](C)[C@]34CCC(=O)[C@H]3[C@@]2(C)[C@H](C)CC4)cc1. The zero-order valence-electron chi connectivity index (χ0n) is 29.9. The Morgan fingerprint density at radius 3 is 2.38 bits per heavy atom. The molecule has 1 aromatic rings. The van der Waals surface area contributed by atoms with Crippen LogP contribution in [-0.2, 0) is 33.4 Å². The van der Waals surface area contributed by atoms with Crippen molar-refractivity contribution in [2.24, 2.45) is 34.0 Å². The second kappa shape index (κ2) is 14.4. The fraction of sp³-hybridized carbons (Fsp3) is 0.750. The van der Waals surface area contributed by atoms with E-state index in [2.05, 4.69) is 24.5 Å². The Balaban J connectivity index is 1.54. The summed E-state index contributed by atoms with van der Waals surface area (Å²) in [6.07, 6.45) is 1.54. The summed E-state index contributed by atoms with van der Waals surface area (Å²) in [5.41, 5.74) is -1.63. The van der Waals surface area contributed by atoms with Crippen LogP contribution in [0.25, 0.3) is 0 Å². The maximum Gasteiger partial charge on any atom is 0.407 e. The zero-order chi connectivity index (χ0) is 35.7. The van der Waals surface area contributed by atoms with Gasteiger partial charge in [0, 0.05) is 36.3 Å². The predicted molar refractivity (Wildman–Crippen MR) is 180 cm³/mol. The Morgan fingerprint density at radius 2 is 1.73 bits per heavy atom. The van der Waals surface area contributed by atoms with Crippen molar-refractivity contribution in [2.75, 3.05) is 26.2 Å². The Labute approximate surface area is 286 Å². The van der Waals surface area contributed by atoms with Crippen LogP contribution in [0, 0.1) is 40.9 Å². The number of esters is 1. The van der Waals surface area contributed by atoms with E-state index in [4.69, 9.17) is 13.7 Å². The van der Waals surface area contributed by atoms with Gasteiger partial charge in [-0.1, -0.05) is 45.4 Å². The van der Waals surface area contributed by atoms with Crippen LogP contribution in [0.1, 0.15) is 92.6 Å². The second-order valence-corrected chi connectivity index (χ2v) is 17.6. The lowest BCUT2D eigenvalue weighted by Crippen LogP contribution is -2.64. The van der Waals surface area contributed by atoms with Crippen molar-refractivity contribution < 1.29 is 41.6 Å². The Hall–Kier alpha value is -2.54. The lowest BCUT2D eigenvalue weighted by atomic mass is 9.44. The first kappa shape index (κ1) is 38.3. The predicted octanol–water partition coefficient (Wildman–Crippen LogP) is 4.93. The number of alkyl carbamates (subject to hydrolysis) is 1. The van der Waals surface area contributed by atoms with Crippen LogP contribution < -0.4 is 10.6 Å². The monoisotopic (exact) mass is 692 g/mol. The first-order valence-electron chi connectivity index (χ1n) is 17.3. The number of hydrogen-bond donors (Lipinski definition) is 3. The molecule has 1 aromatic carbocycles. The van der Waals surface area contributed by atoms with E-state index in [1.165, 1.54) is 12.1 Å². The van der Waals surface area contributed by atoms with Gasteiger partial charge in [-0.2, -0.15) is 8.42 Å². The van der Waals surface area contributed by atoms with Gasteiger partial charge in [0.1, 0.15) is 17.5 Å². The van der Waals surface area contributed by atoms with Crippen molar-refractivity contribution in [3.8, 4) is 0 Å². The van der Waals surface area contributed by atoms with Gasteiger partial charge in [0.15, 0.2) is 6.61 Å². The summed E-state index contributed by atoms with van der Waals surface area (Å²) in [6.45, 7) is 16.0. The molecule has 0 radical (unpaired) electrons. The van der Waals surface area contributed by atoms with E-state index in [9.17, 15) is 27.9 Å². The number of Topliss-reactive ketones (excluding diaryl/α,β-unsaturated/α-hetero) is 1. The molecule has 3 aliphatic rings. The van der Waals surface area contributed by atoms with E-state index in [0.29, 0.717) is 38.9 Å². The quantitative estimate of drug-likeness (QED) is 0.165. The number of carbonyl (C=O) groups excluding carboxylic acids is 3. The van der Waals surface area contributed by atoms with Gasteiger partial charge in [-0.05, 0) is 95.7 Å². The molecule has 0 saturated heterocycles. The Kier molecular flexibility index (Phi) is 11.5. The number of aliphatic hydroxyl groups is 1. The average molecular weight is 693 g/mol. The van der Waals surface area contributed by atoms with Crippen LogP contribution in [-0.4, -0.2) is 75.4 Å². The van der Waals surface area contributed by atoms with E-state index in [-0.39, 0.29) is 28.9 Å². The largest absolute Gasteiger partial charge is 0.460 e. The molecule has 2 bridgehead atoms. The summed E-state index contributed by atoms with van der Waals surface area (Å²) >= 11 is 0. The number of carbonyl (C=O) groups is 3. The third-order valence-electron chi connectivity index (χ3n) is 11.5. The van der Waals surface area contributed by atoms with Gasteiger partial charge in [0.05, 0.1) is 11.0 Å². The highest BCUT2D eigenvalue weighted by atomic mass is 32.2. The number of rotatable bonds is 11. The lowest BCUT2D eigenvalue weighted by molar-refractivity contribution is -0.212. The topological polar surface area (TPSA) is 157 Å². The van der Waals surface area contributed by atoms with Gasteiger partial charge < -0.3 is 25.2 Å². The molecular weight excluding hydrogens is 636 g/mol. The standard InChI is InChI=1S/C36H56N2O9S/c1-23-10-12-26(13-11-23)48(43,44)45-21-29(40)46-28-20-34(7,22-37-18-9-19-38-32(42)47-33(4,5)6)31(41)25(3)36-16-14-24(2)35(28,8)30(36)27(39)15-17-36/h10-13,24-25,28,30-31,37,41H,9,14-22H2,1-8H3,(H,38,42)/t24-,25+,28?,30+,31+,34-,35+,36+/m1/s1. The third kappa shape index (κ3) is 7.92. The number of aliphatic hydroxyl groups excluding tert-OH is 1. The molecule has 270 valence electrons. The molecule has 11 nitrogen and oxygen atoms in total. The molecule has 48 heavy (non-hydrogen) atoms. The lowest BCUT2D eigenvalue weighted by Gasteiger charge is -2.62. The van der Waals surface area contributed by atoms with Gasteiger partial charge in [-0.15, -0.1) is 0 Å². The third-order valence-corrected chi connectivity index (χ3v) is 12.8. The summed E-state index contributed by atoms with van der Waals surface area (Å²) in [7, 11) is -4.20. The zero-order valence-corrected chi connectivity index (χ0v) is 30.7. The number of nitrogens with one attached hydrogen (secondary N) is 2. The van der Waals surface area contributed by atoms with Crippen molar-refractivity contribution in [1.82, 2.24) is 10.6 Å². The van der Waals surface area contributed by atoms with Gasteiger partial charge in [0.2, 0.25) is 0 Å². The summed E-state index contributed by atoms with van der Waals surface area (Å²) in [5.74, 6) is -1.24. The van der Waals surface area contributed by atoms with Crippen LogP contribution in [0.3, 0.4) is 0 Å². The molecule has 3 N–H and O–H groups in total. The number of amides is 1. The molecule has 0 heterocycles. The Bertz CT molecular complexity index is 1440. The van der Waals surface area contributed by atoms with Gasteiger partial charge in [-0.3, -0.25) is 8.98 Å². The van der Waals surface area contributed by atoms with Crippen molar-refractivity contribution >= 4 is 28.0 Å². The minimum absolute atomic E-state index is 0.0336. The summed E-state index contributed by atoms with van der Waals surface area (Å²) < 4.78 is 42.3. The van der Waals surface area contributed by atoms with Crippen molar-refractivity contribution in [3.63, 3.8) is 0 Å². The summed E-state index contributed by atoms with van der Waals surface area (Å²) in [5, 5.41) is 18.3. The highest BCUT2D eigenvalue weighted by Gasteiger charge is 2.68. The van der Waals surface area contributed by atoms with Crippen LogP contribution in [0.15, 0.2) is 29.2 Å². The summed E-state index contributed by atoms with van der Waals surface area (Å²) in [4.78, 5) is 39.1. The van der Waals surface area contributed by atoms with Crippen LogP contribution >= 0.6 is 0 Å². The molecule has 0 aliphatic heterocycles. The molecule has 3 saturated carbocycles. The molecule has 3 fully saturated rings. The molecule has 4 rings (SSSR count). The van der Waals surface area contributed by atoms with Crippen molar-refractivity contribution in [1.29, 1.82) is 0 Å². The van der Waals surface area contributed by atoms with E-state index in [1.54, 1.807) is 32.9 Å². The Morgan fingerprint density at radius 1 is 1.06 bits per heavy atom. The minimum Gasteiger partial charge on any atom is -0.460 e. The number of ether oxygens (including phenoxy) is 2. The first-order chi connectivity index (χ1) is 22.2. The smallest absolute Gasteiger partial charge is 0.407 e. The molecule has 0 aromatic heterocycles. The van der Waals surface area contributed by atoms with E-state index < -0.39 is 68.8 Å². The van der Waals surface area contributed by atoms with E-state index in [0.717, 1.165) is 18.4 Å². The number of ketones is 1. The van der Waals surface area contributed by atoms with Gasteiger partial charge >= 0.3 is 12.1 Å². The maximum absolute atomic E-state index is 13.7. The van der Waals surface area contributed by atoms with Gasteiger partial charge in [0.25, 0.3) is 10.1 Å². The first-order valence-corrected chi connectivity index (χ1v) is 18.7. The maximum atomic E-state index is 13.7. The highest BCUT2D eigenvalue weighted by molar-refractivity contribution is 7.86. The second-order valence-electron chi connectivity index (χ2n) is 16.0. The number of aryl methyl sites for hydroxylation is 1. The average Bonchev–Trinajstić information content (AvgIpc) is 3.35. The van der Waals surface area contributed by atoms with Crippen molar-refractivity contribution in [2.45, 2.75) is 117 Å². The van der Waals surface area contributed by atoms with Crippen LogP contribution in [0.5, 0.6) is 0 Å².